The summed E-state index contributed by atoms with van der Waals surface area (Å²) < 4.78 is 5.22. The van der Waals surface area contributed by atoms with Gasteiger partial charge in [-0.2, -0.15) is 0 Å². The Morgan fingerprint density at radius 1 is 1.56 bits per heavy atom. The summed E-state index contributed by atoms with van der Waals surface area (Å²) in [7, 11) is 1.64. The molecular weight excluding hydrogens is 204 g/mol. The number of pyridine rings is 1. The number of hydrogen-bond donors (Lipinski definition) is 2. The number of rotatable bonds is 6. The van der Waals surface area contributed by atoms with Crippen molar-refractivity contribution in [1.82, 2.24) is 4.98 Å². The van der Waals surface area contributed by atoms with Gasteiger partial charge in [-0.05, 0) is 36.8 Å². The molecular formula is C12H18N2O2. The topological polar surface area (TPSA) is 54.4 Å². The lowest BCUT2D eigenvalue weighted by molar-refractivity contribution is 0.253. The van der Waals surface area contributed by atoms with Crippen LogP contribution in [0.3, 0.4) is 0 Å². The molecule has 1 aromatic rings. The second-order valence-corrected chi connectivity index (χ2v) is 4.38. The van der Waals surface area contributed by atoms with E-state index in [9.17, 15) is 0 Å². The lowest BCUT2D eigenvalue weighted by atomic mass is 10.0. The van der Waals surface area contributed by atoms with E-state index in [-0.39, 0.29) is 12.0 Å². The molecule has 0 unspecified atom stereocenters. The minimum Gasteiger partial charge on any atom is -0.493 e. The molecule has 16 heavy (non-hydrogen) atoms. The van der Waals surface area contributed by atoms with E-state index in [2.05, 4.69) is 10.3 Å². The van der Waals surface area contributed by atoms with Crippen LogP contribution in [0.2, 0.25) is 0 Å². The highest BCUT2D eigenvalue weighted by molar-refractivity contribution is 5.49. The van der Waals surface area contributed by atoms with Crippen molar-refractivity contribution in [3.63, 3.8) is 0 Å². The summed E-state index contributed by atoms with van der Waals surface area (Å²) in [6.07, 6.45) is 5.00. The van der Waals surface area contributed by atoms with E-state index in [0.717, 1.165) is 24.5 Å². The number of hydrogen-bond acceptors (Lipinski definition) is 4. The highest BCUT2D eigenvalue weighted by atomic mass is 16.5. The molecule has 0 spiro atoms. The zero-order valence-corrected chi connectivity index (χ0v) is 9.57. The smallest absolute Gasteiger partial charge is 0.168 e. The number of nitrogens with one attached hydrogen (secondary N) is 1. The van der Waals surface area contributed by atoms with E-state index in [1.54, 1.807) is 13.3 Å². The molecule has 1 aromatic heterocycles. The zero-order valence-electron chi connectivity index (χ0n) is 9.57. The van der Waals surface area contributed by atoms with Crippen LogP contribution >= 0.6 is 0 Å². The van der Waals surface area contributed by atoms with Crippen molar-refractivity contribution in [1.29, 1.82) is 0 Å². The standard InChI is InChI=1S/C12H18N2O2/c1-16-10-3-2-7-13-11(10)14-9-12(4-5-12)6-8-15/h2-3,7,15H,4-6,8-9H2,1H3,(H,13,14). The summed E-state index contributed by atoms with van der Waals surface area (Å²) in [6.45, 7) is 1.13. The summed E-state index contributed by atoms with van der Waals surface area (Å²) in [4.78, 5) is 4.24. The van der Waals surface area contributed by atoms with Gasteiger partial charge in [-0.1, -0.05) is 0 Å². The molecule has 2 rings (SSSR count). The Labute approximate surface area is 95.7 Å². The summed E-state index contributed by atoms with van der Waals surface area (Å²) in [5, 5.41) is 12.3. The van der Waals surface area contributed by atoms with Gasteiger partial charge in [0.05, 0.1) is 7.11 Å². The Morgan fingerprint density at radius 2 is 2.38 bits per heavy atom. The average molecular weight is 222 g/mol. The molecule has 1 aliphatic rings. The fourth-order valence-corrected chi connectivity index (χ4v) is 1.89. The quantitative estimate of drug-likeness (QED) is 0.768. The van der Waals surface area contributed by atoms with Gasteiger partial charge in [-0.3, -0.25) is 0 Å². The SMILES string of the molecule is COc1cccnc1NCC1(CCO)CC1. The predicted octanol–water partition coefficient (Wildman–Crippen LogP) is 1.66. The van der Waals surface area contributed by atoms with E-state index in [0.29, 0.717) is 0 Å². The summed E-state index contributed by atoms with van der Waals surface area (Å²) in [5.41, 5.74) is 0.289. The van der Waals surface area contributed by atoms with E-state index in [1.807, 2.05) is 12.1 Å². The van der Waals surface area contributed by atoms with Crippen molar-refractivity contribution in [3.8, 4) is 5.75 Å². The van der Waals surface area contributed by atoms with Crippen LogP contribution < -0.4 is 10.1 Å². The third-order valence-electron chi connectivity index (χ3n) is 3.22. The number of aliphatic hydroxyl groups is 1. The van der Waals surface area contributed by atoms with Crippen LogP contribution in [0.25, 0.3) is 0 Å². The van der Waals surface area contributed by atoms with Gasteiger partial charge >= 0.3 is 0 Å². The molecule has 0 aliphatic heterocycles. The number of aliphatic hydroxyl groups excluding tert-OH is 1. The van der Waals surface area contributed by atoms with Crippen LogP contribution in [0.1, 0.15) is 19.3 Å². The van der Waals surface area contributed by atoms with Crippen LogP contribution in [0.5, 0.6) is 5.75 Å². The van der Waals surface area contributed by atoms with E-state index in [4.69, 9.17) is 9.84 Å². The molecule has 0 amide bonds. The number of methoxy groups -OCH3 is 1. The van der Waals surface area contributed by atoms with Gasteiger partial charge in [0, 0.05) is 19.3 Å². The summed E-state index contributed by atoms with van der Waals surface area (Å²) >= 11 is 0. The molecule has 0 atom stereocenters. The summed E-state index contributed by atoms with van der Waals surface area (Å²) in [5.74, 6) is 1.55. The van der Waals surface area contributed by atoms with Gasteiger partial charge in [0.2, 0.25) is 0 Å². The van der Waals surface area contributed by atoms with Gasteiger partial charge in [0.25, 0.3) is 0 Å². The number of ether oxygens (including phenoxy) is 1. The Bertz CT molecular complexity index is 351. The molecule has 2 N–H and O–H groups in total. The first-order valence-corrected chi connectivity index (χ1v) is 5.63. The van der Waals surface area contributed by atoms with Crippen molar-refractivity contribution in [3.05, 3.63) is 18.3 Å². The second kappa shape index (κ2) is 4.70. The van der Waals surface area contributed by atoms with Crippen LogP contribution in [0, 0.1) is 5.41 Å². The van der Waals surface area contributed by atoms with Crippen LogP contribution in [0.15, 0.2) is 18.3 Å². The van der Waals surface area contributed by atoms with Gasteiger partial charge < -0.3 is 15.2 Å². The van der Waals surface area contributed by atoms with Gasteiger partial charge in [-0.15, -0.1) is 0 Å². The highest BCUT2D eigenvalue weighted by Gasteiger charge is 2.41. The van der Waals surface area contributed by atoms with Crippen molar-refractivity contribution in [2.75, 3.05) is 25.6 Å². The molecule has 0 saturated heterocycles. The van der Waals surface area contributed by atoms with Crippen molar-refractivity contribution in [2.45, 2.75) is 19.3 Å². The maximum Gasteiger partial charge on any atom is 0.168 e. The monoisotopic (exact) mass is 222 g/mol. The van der Waals surface area contributed by atoms with Gasteiger partial charge in [0.1, 0.15) is 0 Å². The Hall–Kier alpha value is -1.29. The fraction of sp³-hybridized carbons (Fsp3) is 0.583. The molecule has 0 bridgehead atoms. The Morgan fingerprint density at radius 3 is 3.00 bits per heavy atom. The molecule has 88 valence electrons. The van der Waals surface area contributed by atoms with E-state index in [1.165, 1.54) is 12.8 Å². The molecule has 4 nitrogen and oxygen atoms in total. The zero-order chi connectivity index (χ0) is 11.4. The van der Waals surface area contributed by atoms with Gasteiger partial charge in [0.15, 0.2) is 11.6 Å². The lowest BCUT2D eigenvalue weighted by Crippen LogP contribution is -2.17. The van der Waals surface area contributed by atoms with Crippen molar-refractivity contribution >= 4 is 5.82 Å². The van der Waals surface area contributed by atoms with Crippen LogP contribution in [-0.4, -0.2) is 30.4 Å². The largest absolute Gasteiger partial charge is 0.493 e. The minimum atomic E-state index is 0.265. The molecule has 1 aliphatic carbocycles. The fourth-order valence-electron chi connectivity index (χ4n) is 1.89. The van der Waals surface area contributed by atoms with Crippen molar-refractivity contribution < 1.29 is 9.84 Å². The predicted molar refractivity (Wildman–Crippen MR) is 62.6 cm³/mol. The Kier molecular flexibility index (Phi) is 3.29. The first-order valence-electron chi connectivity index (χ1n) is 5.63. The third-order valence-corrected chi connectivity index (χ3v) is 3.22. The average Bonchev–Trinajstić information content (AvgIpc) is 3.08. The normalized spacial score (nSPS) is 16.9. The molecule has 1 saturated carbocycles. The van der Waals surface area contributed by atoms with E-state index < -0.39 is 0 Å². The van der Waals surface area contributed by atoms with Crippen LogP contribution in [-0.2, 0) is 0 Å². The number of aromatic nitrogens is 1. The number of nitrogens with zero attached hydrogens (tertiary/aromatic N) is 1. The third kappa shape index (κ3) is 2.44. The van der Waals surface area contributed by atoms with E-state index >= 15 is 0 Å². The maximum absolute atomic E-state index is 8.97. The van der Waals surface area contributed by atoms with Gasteiger partial charge in [-0.25, -0.2) is 4.98 Å². The van der Waals surface area contributed by atoms with Crippen LogP contribution in [0.4, 0.5) is 5.82 Å². The maximum atomic E-state index is 8.97. The summed E-state index contributed by atoms with van der Waals surface area (Å²) in [6, 6.07) is 3.74. The first-order chi connectivity index (χ1) is 7.79. The first kappa shape index (κ1) is 11.2. The van der Waals surface area contributed by atoms with Crippen molar-refractivity contribution in [2.24, 2.45) is 5.41 Å². The Balaban J connectivity index is 1.94. The second-order valence-electron chi connectivity index (χ2n) is 4.38. The highest BCUT2D eigenvalue weighted by Crippen LogP contribution is 2.48. The lowest BCUT2D eigenvalue weighted by Gasteiger charge is -2.16. The molecule has 4 heteroatoms. The number of anilines is 1. The molecule has 1 heterocycles. The molecule has 0 radical (unpaired) electrons. The molecule has 1 fully saturated rings. The molecule has 0 aromatic carbocycles. The minimum absolute atomic E-state index is 0.265.